The van der Waals surface area contributed by atoms with Gasteiger partial charge in [0.05, 0.1) is 11.6 Å². The van der Waals surface area contributed by atoms with Crippen LogP contribution in [0.1, 0.15) is 30.4 Å². The van der Waals surface area contributed by atoms with Crippen molar-refractivity contribution >= 4 is 6.40 Å². The Morgan fingerprint density at radius 3 is 2.89 bits per heavy atom. The van der Waals surface area contributed by atoms with E-state index in [2.05, 4.69) is 11.4 Å². The lowest BCUT2D eigenvalue weighted by Gasteiger charge is -2.16. The summed E-state index contributed by atoms with van der Waals surface area (Å²) < 4.78 is 42.6. The normalized spacial score (nSPS) is 20.8. The average molecular weight is 256 g/mol. The van der Waals surface area contributed by atoms with Gasteiger partial charge in [-0.15, -0.1) is 0 Å². The summed E-state index contributed by atoms with van der Waals surface area (Å²) in [4.78, 5) is 3.98. The molecule has 1 radical (unpaired) electrons. The predicted molar refractivity (Wildman–Crippen MR) is 61.7 cm³/mol. The summed E-state index contributed by atoms with van der Waals surface area (Å²) in [6.45, 7) is 2.35. The standard InChI is InChI=1S/C13H13F3NO/c1-9(5-12-7-18-8-17-12)10-3-2-4-11(6-10)13(14,15)16/h2-4,6,9,12H,5,7H2,1H3. The monoisotopic (exact) mass is 256 g/mol. The van der Waals surface area contributed by atoms with Crippen LogP contribution in [0, 0.1) is 0 Å². The Bertz CT molecular complexity index is 442. The minimum atomic E-state index is -4.29. The third kappa shape index (κ3) is 3.03. The van der Waals surface area contributed by atoms with Gasteiger partial charge in [0.25, 0.3) is 6.40 Å². The number of aliphatic imine (C=N–C) groups is 1. The molecule has 1 aliphatic heterocycles. The Kier molecular flexibility index (Phi) is 3.59. The van der Waals surface area contributed by atoms with Gasteiger partial charge in [0.15, 0.2) is 0 Å². The molecule has 5 heteroatoms. The first-order chi connectivity index (χ1) is 8.47. The first kappa shape index (κ1) is 12.9. The lowest BCUT2D eigenvalue weighted by molar-refractivity contribution is -0.137. The van der Waals surface area contributed by atoms with Crippen molar-refractivity contribution in [3.63, 3.8) is 0 Å². The molecular weight excluding hydrogens is 243 g/mol. The highest BCUT2D eigenvalue weighted by Gasteiger charge is 2.30. The van der Waals surface area contributed by atoms with E-state index in [0.717, 1.165) is 6.07 Å². The zero-order chi connectivity index (χ0) is 13.2. The van der Waals surface area contributed by atoms with E-state index in [0.29, 0.717) is 18.6 Å². The van der Waals surface area contributed by atoms with E-state index in [1.165, 1.54) is 12.1 Å². The molecule has 2 atom stereocenters. The number of benzene rings is 1. The fraction of sp³-hybridized carbons (Fsp3) is 0.462. The second kappa shape index (κ2) is 5.00. The van der Waals surface area contributed by atoms with Gasteiger partial charge in [0, 0.05) is 0 Å². The third-order valence-electron chi connectivity index (χ3n) is 2.98. The van der Waals surface area contributed by atoms with E-state index in [1.807, 2.05) is 6.92 Å². The lowest BCUT2D eigenvalue weighted by Crippen LogP contribution is -2.11. The largest absolute Gasteiger partial charge is 0.472 e. The second-order valence-corrected chi connectivity index (χ2v) is 4.45. The fourth-order valence-corrected chi connectivity index (χ4v) is 1.97. The summed E-state index contributed by atoms with van der Waals surface area (Å²) in [6, 6.07) is 5.43. The molecular formula is C13H13F3NO. The maximum absolute atomic E-state index is 12.6. The van der Waals surface area contributed by atoms with Crippen molar-refractivity contribution in [2.24, 2.45) is 4.99 Å². The van der Waals surface area contributed by atoms with Gasteiger partial charge in [0.2, 0.25) is 0 Å². The maximum atomic E-state index is 12.6. The topological polar surface area (TPSA) is 21.6 Å². The molecule has 0 N–H and O–H groups in total. The van der Waals surface area contributed by atoms with Crippen LogP contribution in [0.5, 0.6) is 0 Å². The molecule has 0 aliphatic carbocycles. The van der Waals surface area contributed by atoms with Crippen LogP contribution < -0.4 is 0 Å². The van der Waals surface area contributed by atoms with Gasteiger partial charge in [-0.05, 0) is 24.0 Å². The highest BCUT2D eigenvalue weighted by atomic mass is 19.4. The Balaban J connectivity index is 2.10. The molecule has 1 aromatic rings. The number of alkyl halides is 3. The molecule has 0 amide bonds. The van der Waals surface area contributed by atoms with E-state index in [-0.39, 0.29) is 12.0 Å². The summed E-state index contributed by atoms with van der Waals surface area (Å²) in [6.07, 6.45) is -1.22. The maximum Gasteiger partial charge on any atom is 0.416 e. The van der Waals surface area contributed by atoms with Crippen molar-refractivity contribution in [3.05, 3.63) is 35.4 Å². The van der Waals surface area contributed by atoms with Gasteiger partial charge < -0.3 is 4.74 Å². The van der Waals surface area contributed by atoms with Gasteiger partial charge in [-0.2, -0.15) is 13.2 Å². The summed E-state index contributed by atoms with van der Waals surface area (Å²) >= 11 is 0. The molecule has 0 aromatic heterocycles. The van der Waals surface area contributed by atoms with Crippen LogP contribution in [0.4, 0.5) is 13.2 Å². The molecule has 1 aliphatic rings. The van der Waals surface area contributed by atoms with Crippen LogP contribution in [0.15, 0.2) is 29.3 Å². The first-order valence-corrected chi connectivity index (χ1v) is 5.70. The van der Waals surface area contributed by atoms with Gasteiger partial charge in [-0.25, -0.2) is 4.99 Å². The predicted octanol–water partition coefficient (Wildman–Crippen LogP) is 3.50. The van der Waals surface area contributed by atoms with Crippen LogP contribution in [-0.4, -0.2) is 19.0 Å². The molecule has 2 unspecified atom stereocenters. The van der Waals surface area contributed by atoms with Crippen molar-refractivity contribution in [1.29, 1.82) is 0 Å². The van der Waals surface area contributed by atoms with Crippen LogP contribution in [0.2, 0.25) is 0 Å². The number of hydrogen-bond donors (Lipinski definition) is 0. The molecule has 0 bridgehead atoms. The molecule has 18 heavy (non-hydrogen) atoms. The fourth-order valence-electron chi connectivity index (χ4n) is 1.97. The SMILES string of the molecule is CC(CC1CO[C]=N1)c1cccc(C(F)(F)F)c1. The van der Waals surface area contributed by atoms with E-state index >= 15 is 0 Å². The van der Waals surface area contributed by atoms with Crippen molar-refractivity contribution < 1.29 is 17.9 Å². The lowest BCUT2D eigenvalue weighted by atomic mass is 9.93. The Labute approximate surface area is 103 Å². The van der Waals surface area contributed by atoms with E-state index in [1.54, 1.807) is 6.07 Å². The van der Waals surface area contributed by atoms with Gasteiger partial charge in [0.1, 0.15) is 6.61 Å². The number of hydrogen-bond acceptors (Lipinski definition) is 2. The van der Waals surface area contributed by atoms with Crippen molar-refractivity contribution in [1.82, 2.24) is 0 Å². The number of ether oxygens (including phenoxy) is 1. The Morgan fingerprint density at radius 1 is 1.50 bits per heavy atom. The van der Waals surface area contributed by atoms with Crippen molar-refractivity contribution in [2.75, 3.05) is 6.61 Å². The molecule has 2 rings (SSSR count). The van der Waals surface area contributed by atoms with E-state index in [9.17, 15) is 13.2 Å². The molecule has 0 spiro atoms. The smallest absolute Gasteiger partial charge is 0.416 e. The summed E-state index contributed by atoms with van der Waals surface area (Å²) in [5.74, 6) is 0.00421. The highest BCUT2D eigenvalue weighted by Crippen LogP contribution is 2.32. The number of halogens is 3. The van der Waals surface area contributed by atoms with Crippen molar-refractivity contribution in [3.8, 4) is 0 Å². The van der Waals surface area contributed by atoms with Crippen LogP contribution in [0.25, 0.3) is 0 Å². The minimum absolute atomic E-state index is 0.00421. The number of rotatable bonds is 3. The molecule has 0 saturated carbocycles. The van der Waals surface area contributed by atoms with Gasteiger partial charge in [-0.3, -0.25) is 0 Å². The molecule has 1 aromatic carbocycles. The quantitative estimate of drug-likeness (QED) is 0.811. The van der Waals surface area contributed by atoms with E-state index < -0.39 is 11.7 Å². The van der Waals surface area contributed by atoms with Gasteiger partial charge >= 0.3 is 6.18 Å². The Hall–Kier alpha value is -1.52. The number of nitrogens with zero attached hydrogens (tertiary/aromatic N) is 1. The molecule has 2 nitrogen and oxygen atoms in total. The van der Waals surface area contributed by atoms with Crippen molar-refractivity contribution in [2.45, 2.75) is 31.5 Å². The zero-order valence-electron chi connectivity index (χ0n) is 9.87. The summed E-state index contributed by atoms with van der Waals surface area (Å²) in [7, 11) is 0. The van der Waals surface area contributed by atoms with Crippen LogP contribution in [-0.2, 0) is 10.9 Å². The summed E-state index contributed by atoms with van der Waals surface area (Å²) in [5, 5.41) is 0. The Morgan fingerprint density at radius 2 is 2.28 bits per heavy atom. The third-order valence-corrected chi connectivity index (χ3v) is 2.98. The highest BCUT2D eigenvalue weighted by molar-refractivity contribution is 5.49. The van der Waals surface area contributed by atoms with Gasteiger partial charge in [-0.1, -0.05) is 25.1 Å². The zero-order valence-corrected chi connectivity index (χ0v) is 9.87. The van der Waals surface area contributed by atoms with Crippen LogP contribution in [0.3, 0.4) is 0 Å². The first-order valence-electron chi connectivity index (χ1n) is 5.70. The molecule has 0 fully saturated rings. The average Bonchev–Trinajstić information content (AvgIpc) is 2.81. The molecule has 0 saturated heterocycles. The van der Waals surface area contributed by atoms with E-state index in [4.69, 9.17) is 4.74 Å². The minimum Gasteiger partial charge on any atom is -0.472 e. The second-order valence-electron chi connectivity index (χ2n) is 4.45. The van der Waals surface area contributed by atoms with Crippen LogP contribution >= 0.6 is 0 Å². The summed E-state index contributed by atoms with van der Waals surface area (Å²) in [5.41, 5.74) is 0.0662. The molecule has 97 valence electrons. The molecule has 1 heterocycles.